The number of hydrogen-bond donors (Lipinski definition) is 1. The van der Waals surface area contributed by atoms with E-state index in [-0.39, 0.29) is 54.1 Å². The van der Waals surface area contributed by atoms with Crippen LogP contribution in [0.1, 0.15) is 52.5 Å². The molecule has 0 aliphatic carbocycles. The van der Waals surface area contributed by atoms with Crippen molar-refractivity contribution in [1.29, 1.82) is 0 Å². The lowest BCUT2D eigenvalue weighted by Crippen LogP contribution is -2.57. The molecule has 4 aromatic rings. The van der Waals surface area contributed by atoms with Gasteiger partial charge in [-0.05, 0) is 88.0 Å². The van der Waals surface area contributed by atoms with Gasteiger partial charge >= 0.3 is 12.1 Å². The number of fused-ring (bicyclic) bond motifs is 4. The van der Waals surface area contributed by atoms with E-state index in [0.717, 1.165) is 52.0 Å². The van der Waals surface area contributed by atoms with Crippen LogP contribution in [0.3, 0.4) is 0 Å². The van der Waals surface area contributed by atoms with Crippen molar-refractivity contribution in [3.8, 4) is 23.0 Å². The maximum atomic E-state index is 17.4. The molecule has 2 bridgehead atoms. The SMILES string of the molecule is CCc1c(F)ccc2cc(OCOC)cc(-c3ncc4c(N5C[C@H]6CC[C@@H](C5)N6C(=O)OC(C)(C)C)nc(OC[C@@H]5C[C@H](N6CCNCC6)CN5C)nc4c3F)c12. The molecule has 0 radical (unpaired) electrons. The normalized spacial score (nSPS) is 23.2. The molecule has 2 aromatic carbocycles. The first kappa shape index (κ1) is 39.4. The molecule has 1 amide bonds. The third kappa shape index (κ3) is 7.91. The second-order valence-electron chi connectivity index (χ2n) is 16.8. The lowest BCUT2D eigenvalue weighted by Gasteiger charge is -2.42. The Bertz CT molecular complexity index is 2110. The van der Waals surface area contributed by atoms with Crippen LogP contribution in [0.15, 0.2) is 30.5 Å². The molecule has 1 N–H and O–H groups in total. The summed E-state index contributed by atoms with van der Waals surface area (Å²) < 4.78 is 55.9. The van der Waals surface area contributed by atoms with E-state index in [0.29, 0.717) is 71.0 Å². The third-order valence-electron chi connectivity index (χ3n) is 11.9. The first-order valence-corrected chi connectivity index (χ1v) is 20.2. The van der Waals surface area contributed by atoms with E-state index in [1.807, 2.05) is 32.6 Å². The predicted molar refractivity (Wildman–Crippen MR) is 214 cm³/mol. The number of amides is 1. The fourth-order valence-electron chi connectivity index (χ4n) is 9.16. The molecule has 0 unspecified atom stereocenters. The van der Waals surface area contributed by atoms with Crippen molar-refractivity contribution < 1.29 is 32.5 Å². The molecule has 0 spiro atoms. The average molecular weight is 789 g/mol. The lowest BCUT2D eigenvalue weighted by atomic mass is 9.94. The summed E-state index contributed by atoms with van der Waals surface area (Å²) in [5.41, 5.74) is 0.272. The predicted octanol–water partition coefficient (Wildman–Crippen LogP) is 5.61. The first-order chi connectivity index (χ1) is 27.4. The number of likely N-dealkylation sites (tertiary alicyclic amines) is 1. The maximum absolute atomic E-state index is 17.4. The number of benzene rings is 2. The number of nitrogens with one attached hydrogen (secondary N) is 1. The van der Waals surface area contributed by atoms with Crippen molar-refractivity contribution in [3.63, 3.8) is 0 Å². The highest BCUT2D eigenvalue weighted by Gasteiger charge is 2.45. The van der Waals surface area contributed by atoms with Crippen LogP contribution in [0.2, 0.25) is 0 Å². The van der Waals surface area contributed by atoms with Crippen molar-refractivity contribution in [2.24, 2.45) is 0 Å². The Balaban J connectivity index is 1.19. The molecule has 13 nitrogen and oxygen atoms in total. The lowest BCUT2D eigenvalue weighted by molar-refractivity contribution is 0.0122. The van der Waals surface area contributed by atoms with Crippen LogP contribution < -0.4 is 19.7 Å². The van der Waals surface area contributed by atoms with Crippen LogP contribution in [0.5, 0.6) is 11.8 Å². The van der Waals surface area contributed by atoms with Gasteiger partial charge < -0.3 is 29.2 Å². The smallest absolute Gasteiger partial charge is 0.410 e. The van der Waals surface area contributed by atoms with Gasteiger partial charge in [0.25, 0.3) is 0 Å². The summed E-state index contributed by atoms with van der Waals surface area (Å²) in [4.78, 5) is 36.6. The minimum absolute atomic E-state index is 0.00970. The number of likely N-dealkylation sites (N-methyl/N-ethyl adjacent to an activating group) is 1. The van der Waals surface area contributed by atoms with Crippen molar-refractivity contribution in [2.45, 2.75) is 83.1 Å². The van der Waals surface area contributed by atoms with E-state index >= 15 is 8.78 Å². The zero-order valence-electron chi connectivity index (χ0n) is 33.8. The number of carbonyl (C=O) groups is 1. The van der Waals surface area contributed by atoms with E-state index in [2.05, 4.69) is 27.1 Å². The minimum Gasteiger partial charge on any atom is -0.468 e. The molecule has 4 aliphatic rings. The number of nitrogens with zero attached hydrogens (tertiary/aromatic N) is 7. The van der Waals surface area contributed by atoms with Crippen LogP contribution in [0.4, 0.5) is 19.4 Å². The molecule has 4 fully saturated rings. The van der Waals surface area contributed by atoms with E-state index in [4.69, 9.17) is 33.9 Å². The Kier molecular flexibility index (Phi) is 11.1. The summed E-state index contributed by atoms with van der Waals surface area (Å²) >= 11 is 0. The third-order valence-corrected chi connectivity index (χ3v) is 11.9. The largest absolute Gasteiger partial charge is 0.468 e. The summed E-state index contributed by atoms with van der Waals surface area (Å²) in [5, 5.41) is 5.09. The van der Waals surface area contributed by atoms with E-state index < -0.39 is 11.4 Å². The van der Waals surface area contributed by atoms with Crippen LogP contribution in [0, 0.1) is 11.6 Å². The van der Waals surface area contributed by atoms with Gasteiger partial charge in [-0.25, -0.2) is 13.6 Å². The number of pyridine rings is 1. The molecule has 2 aromatic heterocycles. The van der Waals surface area contributed by atoms with Gasteiger partial charge in [-0.3, -0.25) is 19.7 Å². The number of anilines is 1. The molecule has 8 rings (SSSR count). The fraction of sp³-hybridized carbons (Fsp3) is 0.571. The monoisotopic (exact) mass is 788 g/mol. The number of methoxy groups -OCH3 is 1. The minimum atomic E-state index is -0.676. The molecular weight excluding hydrogens is 735 g/mol. The number of halogens is 2. The van der Waals surface area contributed by atoms with Gasteiger partial charge in [0.05, 0.1) is 17.5 Å². The second kappa shape index (κ2) is 16.1. The summed E-state index contributed by atoms with van der Waals surface area (Å²) in [6.07, 6.45) is 4.23. The van der Waals surface area contributed by atoms with Gasteiger partial charge in [-0.1, -0.05) is 13.0 Å². The summed E-state index contributed by atoms with van der Waals surface area (Å²) in [6.45, 7) is 13.7. The van der Waals surface area contributed by atoms with Crippen molar-refractivity contribution in [3.05, 3.63) is 47.7 Å². The topological polar surface area (TPSA) is 118 Å². The summed E-state index contributed by atoms with van der Waals surface area (Å²) in [5.74, 6) is -0.131. The molecule has 4 atom stereocenters. The molecule has 4 saturated heterocycles. The number of rotatable bonds is 10. The number of piperazine rings is 2. The Morgan fingerprint density at radius 1 is 1.00 bits per heavy atom. The highest BCUT2D eigenvalue weighted by Crippen LogP contribution is 2.41. The zero-order valence-corrected chi connectivity index (χ0v) is 33.8. The van der Waals surface area contributed by atoms with E-state index in [1.54, 1.807) is 24.4 Å². The van der Waals surface area contributed by atoms with Gasteiger partial charge in [0.2, 0.25) is 0 Å². The second-order valence-corrected chi connectivity index (χ2v) is 16.8. The number of hydrogen-bond acceptors (Lipinski definition) is 12. The maximum Gasteiger partial charge on any atom is 0.410 e. The van der Waals surface area contributed by atoms with Crippen molar-refractivity contribution in [2.75, 3.05) is 78.3 Å². The van der Waals surface area contributed by atoms with Gasteiger partial charge in [0.1, 0.15) is 40.8 Å². The first-order valence-electron chi connectivity index (χ1n) is 20.2. The molecule has 15 heteroatoms. The Morgan fingerprint density at radius 2 is 1.75 bits per heavy atom. The van der Waals surface area contributed by atoms with Crippen LogP contribution in [-0.4, -0.2) is 139 Å². The van der Waals surface area contributed by atoms with Crippen LogP contribution in [0.25, 0.3) is 32.9 Å². The highest BCUT2D eigenvalue weighted by molar-refractivity contribution is 6.02. The summed E-state index contributed by atoms with van der Waals surface area (Å²) in [7, 11) is 3.63. The van der Waals surface area contributed by atoms with Crippen molar-refractivity contribution in [1.82, 2.24) is 35.0 Å². The van der Waals surface area contributed by atoms with Gasteiger partial charge in [-0.15, -0.1) is 0 Å². The molecule has 0 saturated carbocycles. The molecule has 6 heterocycles. The van der Waals surface area contributed by atoms with E-state index in [9.17, 15) is 4.79 Å². The Labute approximate surface area is 332 Å². The highest BCUT2D eigenvalue weighted by atomic mass is 19.1. The number of aromatic nitrogens is 3. The van der Waals surface area contributed by atoms with Crippen molar-refractivity contribution >= 4 is 33.6 Å². The molecule has 4 aliphatic heterocycles. The Morgan fingerprint density at radius 3 is 2.46 bits per heavy atom. The molecule has 57 heavy (non-hydrogen) atoms. The van der Waals surface area contributed by atoms with Gasteiger partial charge in [0.15, 0.2) is 12.6 Å². The molecular formula is C42H54F2N8O5. The van der Waals surface area contributed by atoms with Gasteiger partial charge in [-0.2, -0.15) is 9.97 Å². The van der Waals surface area contributed by atoms with Crippen LogP contribution >= 0.6 is 0 Å². The fourth-order valence-corrected chi connectivity index (χ4v) is 9.16. The average Bonchev–Trinajstić information content (AvgIpc) is 3.70. The zero-order chi connectivity index (χ0) is 40.0. The number of aryl methyl sites for hydroxylation is 1. The van der Waals surface area contributed by atoms with E-state index in [1.165, 1.54) is 13.2 Å². The van der Waals surface area contributed by atoms with Crippen LogP contribution in [-0.2, 0) is 15.9 Å². The quantitative estimate of drug-likeness (QED) is 0.201. The Hall–Kier alpha value is -4.44. The molecule has 306 valence electrons. The number of ether oxygens (including phenoxy) is 4. The summed E-state index contributed by atoms with van der Waals surface area (Å²) in [6, 6.07) is 6.95. The standard InChI is InChI=1S/C42H54F2N8O5/c1-7-31-34(43)11-8-25-16-30(56-24-54-6)18-32(35(25)31)37-36(44)38-33(19-46-37)39(51-21-26-9-10-27(22-51)52(26)41(53)57-42(2,3)4)48-40(47-38)55-23-29-17-28(20-49(29)5)50-14-12-45-13-15-50/h8,11,16,18-19,26-29,45H,7,9-10,12-15,17,20-24H2,1-6H3/t26-,27+,28-,29-/m0/s1. The van der Waals surface area contributed by atoms with Gasteiger partial charge in [0, 0.05) is 76.8 Å². The number of carbonyl (C=O) groups excluding carboxylic acids is 1.